The maximum atomic E-state index is 5.79. The van der Waals surface area contributed by atoms with Crippen LogP contribution in [0.3, 0.4) is 0 Å². The third-order valence-electron chi connectivity index (χ3n) is 2.91. The Balaban J connectivity index is 2.20. The average Bonchev–Trinajstić information content (AvgIpc) is 2.94. The fraction of sp³-hybridized carbons (Fsp3) is 0.462. The highest BCUT2D eigenvalue weighted by Gasteiger charge is 2.13. The van der Waals surface area contributed by atoms with Gasteiger partial charge in [0.2, 0.25) is 0 Å². The van der Waals surface area contributed by atoms with Gasteiger partial charge in [-0.1, -0.05) is 13.3 Å². The predicted octanol–water partition coefficient (Wildman–Crippen LogP) is 3.29. The number of aromatic nitrogens is 2. The molecule has 0 aliphatic rings. The van der Waals surface area contributed by atoms with Gasteiger partial charge in [0.15, 0.2) is 0 Å². The Kier molecular flexibility index (Phi) is 3.97. The number of nitrogens with zero attached hydrogens (tertiary/aromatic N) is 1. The van der Waals surface area contributed by atoms with Crippen LogP contribution in [0.5, 0.6) is 0 Å². The number of hydrogen-bond donors (Lipinski definition) is 2. The van der Waals surface area contributed by atoms with Crippen molar-refractivity contribution in [1.29, 1.82) is 0 Å². The Morgan fingerprint density at radius 2 is 2.29 bits per heavy atom. The molecule has 92 valence electrons. The molecule has 0 saturated heterocycles. The first kappa shape index (κ1) is 12.3. The fourth-order valence-corrected chi connectivity index (χ4v) is 2.80. The lowest BCUT2D eigenvalue weighted by Gasteiger charge is -2.09. The quantitative estimate of drug-likeness (QED) is 0.854. The third-order valence-corrected chi connectivity index (χ3v) is 3.94. The Bertz CT molecular complexity index is 472. The van der Waals surface area contributed by atoms with E-state index in [-0.39, 0.29) is 0 Å². The van der Waals surface area contributed by atoms with Crippen LogP contribution in [0.1, 0.15) is 36.4 Å². The van der Waals surface area contributed by atoms with Gasteiger partial charge in [0.25, 0.3) is 0 Å². The lowest BCUT2D eigenvalue weighted by Crippen LogP contribution is -2.13. The summed E-state index contributed by atoms with van der Waals surface area (Å²) >= 11 is 1.78. The van der Waals surface area contributed by atoms with E-state index in [1.165, 1.54) is 9.75 Å². The Morgan fingerprint density at radius 3 is 2.88 bits per heavy atom. The molecule has 0 spiro atoms. The molecular weight excluding hydrogens is 230 g/mol. The molecule has 2 rings (SSSR count). The van der Waals surface area contributed by atoms with Crippen LogP contribution >= 0.6 is 11.3 Å². The Hall–Kier alpha value is -1.13. The number of aromatic amines is 1. The van der Waals surface area contributed by atoms with Gasteiger partial charge in [0.05, 0.1) is 16.8 Å². The molecule has 0 saturated carbocycles. The van der Waals surface area contributed by atoms with Crippen molar-refractivity contribution in [2.24, 2.45) is 5.73 Å². The van der Waals surface area contributed by atoms with E-state index in [4.69, 9.17) is 5.73 Å². The number of nitrogens with one attached hydrogen (secondary N) is 1. The number of aryl methyl sites for hydroxylation is 1. The second-order valence-corrected chi connectivity index (χ2v) is 5.60. The molecule has 2 heterocycles. The van der Waals surface area contributed by atoms with Crippen LogP contribution in [0.4, 0.5) is 0 Å². The van der Waals surface area contributed by atoms with Crippen LogP contribution in [0.25, 0.3) is 10.6 Å². The Labute approximate surface area is 106 Å². The maximum Gasteiger partial charge on any atom is 0.110 e. The van der Waals surface area contributed by atoms with E-state index in [9.17, 15) is 0 Å². The topological polar surface area (TPSA) is 54.7 Å². The molecule has 2 aromatic heterocycles. The summed E-state index contributed by atoms with van der Waals surface area (Å²) < 4.78 is 0. The van der Waals surface area contributed by atoms with Crippen LogP contribution in [-0.4, -0.2) is 16.5 Å². The molecule has 0 aliphatic heterocycles. The van der Waals surface area contributed by atoms with Crippen LogP contribution in [-0.2, 0) is 0 Å². The molecular formula is C13H19N3S. The average molecular weight is 249 g/mol. The van der Waals surface area contributed by atoms with E-state index < -0.39 is 0 Å². The van der Waals surface area contributed by atoms with Gasteiger partial charge in [0.1, 0.15) is 5.82 Å². The van der Waals surface area contributed by atoms with E-state index in [0.717, 1.165) is 24.4 Å². The SMILES string of the molecule is CCCC(CN)c1ncc(-c2ccc(C)s2)[nH]1. The molecule has 3 N–H and O–H groups in total. The number of hydrogen-bond acceptors (Lipinski definition) is 3. The smallest absolute Gasteiger partial charge is 0.110 e. The molecule has 0 amide bonds. The molecule has 0 fully saturated rings. The molecule has 0 aromatic carbocycles. The summed E-state index contributed by atoms with van der Waals surface area (Å²) in [6, 6.07) is 4.27. The highest BCUT2D eigenvalue weighted by molar-refractivity contribution is 7.15. The van der Waals surface area contributed by atoms with Gasteiger partial charge in [0, 0.05) is 17.3 Å². The summed E-state index contributed by atoms with van der Waals surface area (Å²) in [5, 5.41) is 0. The van der Waals surface area contributed by atoms with E-state index in [1.54, 1.807) is 11.3 Å². The first-order chi connectivity index (χ1) is 8.24. The zero-order valence-corrected chi connectivity index (χ0v) is 11.2. The van der Waals surface area contributed by atoms with Gasteiger partial charge in [-0.15, -0.1) is 11.3 Å². The van der Waals surface area contributed by atoms with Crippen molar-refractivity contribution in [3.05, 3.63) is 29.0 Å². The highest BCUT2D eigenvalue weighted by Crippen LogP contribution is 2.27. The largest absolute Gasteiger partial charge is 0.341 e. The number of nitrogens with two attached hydrogens (primary N) is 1. The molecule has 2 aromatic rings. The Morgan fingerprint density at radius 1 is 1.47 bits per heavy atom. The number of imidazole rings is 1. The second kappa shape index (κ2) is 5.47. The van der Waals surface area contributed by atoms with Crippen molar-refractivity contribution in [3.63, 3.8) is 0 Å². The lowest BCUT2D eigenvalue weighted by molar-refractivity contribution is 0.595. The highest BCUT2D eigenvalue weighted by atomic mass is 32.1. The number of thiophene rings is 1. The van der Waals surface area contributed by atoms with Crippen molar-refractivity contribution in [1.82, 2.24) is 9.97 Å². The molecule has 1 unspecified atom stereocenters. The fourth-order valence-electron chi connectivity index (χ4n) is 1.96. The summed E-state index contributed by atoms with van der Waals surface area (Å²) in [5.74, 6) is 1.38. The minimum Gasteiger partial charge on any atom is -0.341 e. The van der Waals surface area contributed by atoms with Crippen LogP contribution < -0.4 is 5.73 Å². The van der Waals surface area contributed by atoms with E-state index >= 15 is 0 Å². The molecule has 17 heavy (non-hydrogen) atoms. The normalized spacial score (nSPS) is 12.9. The zero-order chi connectivity index (χ0) is 12.3. The van der Waals surface area contributed by atoms with Gasteiger partial charge >= 0.3 is 0 Å². The summed E-state index contributed by atoms with van der Waals surface area (Å²) in [5.41, 5.74) is 6.89. The summed E-state index contributed by atoms with van der Waals surface area (Å²) in [7, 11) is 0. The predicted molar refractivity (Wildman–Crippen MR) is 73.3 cm³/mol. The van der Waals surface area contributed by atoms with Crippen LogP contribution in [0, 0.1) is 6.92 Å². The maximum absolute atomic E-state index is 5.79. The molecule has 0 aliphatic carbocycles. The van der Waals surface area contributed by atoms with E-state index in [1.807, 2.05) is 6.20 Å². The standard InChI is InChI=1S/C13H19N3S/c1-3-4-10(7-14)13-15-8-11(16-13)12-6-5-9(2)17-12/h5-6,8,10H,3-4,7,14H2,1-2H3,(H,15,16). The van der Waals surface area contributed by atoms with E-state index in [2.05, 4.69) is 35.9 Å². The first-order valence-corrected chi connectivity index (χ1v) is 6.88. The molecule has 0 bridgehead atoms. The van der Waals surface area contributed by atoms with Crippen molar-refractivity contribution in [2.45, 2.75) is 32.6 Å². The van der Waals surface area contributed by atoms with Crippen LogP contribution in [0.15, 0.2) is 18.3 Å². The molecule has 4 heteroatoms. The van der Waals surface area contributed by atoms with Crippen LogP contribution in [0.2, 0.25) is 0 Å². The summed E-state index contributed by atoms with van der Waals surface area (Å²) in [6.07, 6.45) is 4.14. The monoisotopic (exact) mass is 249 g/mol. The van der Waals surface area contributed by atoms with Crippen molar-refractivity contribution in [3.8, 4) is 10.6 Å². The number of rotatable bonds is 5. The summed E-state index contributed by atoms with van der Waals surface area (Å²) in [4.78, 5) is 10.4. The minimum atomic E-state index is 0.356. The third kappa shape index (κ3) is 2.76. The van der Waals surface area contributed by atoms with Crippen molar-refractivity contribution in [2.75, 3.05) is 6.54 Å². The van der Waals surface area contributed by atoms with Gasteiger partial charge in [-0.25, -0.2) is 4.98 Å². The van der Waals surface area contributed by atoms with Gasteiger partial charge in [-0.2, -0.15) is 0 Å². The first-order valence-electron chi connectivity index (χ1n) is 6.06. The van der Waals surface area contributed by atoms with Gasteiger partial charge in [-0.3, -0.25) is 0 Å². The van der Waals surface area contributed by atoms with Crippen molar-refractivity contribution >= 4 is 11.3 Å². The summed E-state index contributed by atoms with van der Waals surface area (Å²) in [6.45, 7) is 4.95. The molecule has 1 atom stereocenters. The number of H-pyrrole nitrogens is 1. The second-order valence-electron chi connectivity index (χ2n) is 4.31. The minimum absolute atomic E-state index is 0.356. The lowest BCUT2D eigenvalue weighted by atomic mass is 10.0. The molecule has 0 radical (unpaired) electrons. The molecule has 3 nitrogen and oxygen atoms in total. The van der Waals surface area contributed by atoms with E-state index in [0.29, 0.717) is 12.5 Å². The zero-order valence-electron chi connectivity index (χ0n) is 10.4. The van der Waals surface area contributed by atoms with Crippen molar-refractivity contribution < 1.29 is 0 Å². The van der Waals surface area contributed by atoms with Gasteiger partial charge < -0.3 is 10.7 Å². The van der Waals surface area contributed by atoms with Gasteiger partial charge in [-0.05, 0) is 25.5 Å².